The van der Waals surface area contributed by atoms with Crippen LogP contribution in [0.15, 0.2) is 60.8 Å². The van der Waals surface area contributed by atoms with Gasteiger partial charge in [0.05, 0.1) is 0 Å². The Morgan fingerprint density at radius 1 is 0.929 bits per heavy atom. The summed E-state index contributed by atoms with van der Waals surface area (Å²) in [6, 6.07) is 8.70. The Balaban J connectivity index is 0.000000161. The van der Waals surface area contributed by atoms with Crippen LogP contribution >= 0.6 is 0 Å². The number of benzene rings is 1. The van der Waals surface area contributed by atoms with E-state index in [1.54, 1.807) is 0 Å². The second-order valence-corrected chi connectivity index (χ2v) is 10.4. The van der Waals surface area contributed by atoms with Gasteiger partial charge < -0.3 is 10.2 Å². The molecule has 2 heteroatoms. The maximum Gasteiger partial charge on any atom is 0.0375 e. The van der Waals surface area contributed by atoms with Crippen LogP contribution in [0.25, 0.3) is 0 Å². The maximum atomic E-state index is 3.46. The Kier molecular flexibility index (Phi) is 6.07. The van der Waals surface area contributed by atoms with Crippen molar-refractivity contribution in [2.45, 2.75) is 59.4 Å². The molecule has 0 amide bonds. The Bertz CT molecular complexity index is 742. The zero-order valence-corrected chi connectivity index (χ0v) is 18.6. The fourth-order valence-corrected chi connectivity index (χ4v) is 4.42. The molecule has 1 aliphatic carbocycles. The summed E-state index contributed by atoms with van der Waals surface area (Å²) in [5.41, 5.74) is 3.44. The highest BCUT2D eigenvalue weighted by molar-refractivity contribution is 5.55. The van der Waals surface area contributed by atoms with Crippen molar-refractivity contribution < 1.29 is 0 Å². The number of rotatable bonds is 0. The monoisotopic (exact) mass is 378 g/mol. The van der Waals surface area contributed by atoms with Gasteiger partial charge in [-0.05, 0) is 56.4 Å². The minimum Gasteiger partial charge on any atom is -0.385 e. The lowest BCUT2D eigenvalue weighted by atomic mass is 9.73. The third-order valence-electron chi connectivity index (χ3n) is 6.18. The largest absolute Gasteiger partial charge is 0.385 e. The van der Waals surface area contributed by atoms with E-state index in [0.29, 0.717) is 23.2 Å². The first-order chi connectivity index (χ1) is 13.2. The van der Waals surface area contributed by atoms with Crippen molar-refractivity contribution in [3.8, 4) is 0 Å². The summed E-state index contributed by atoms with van der Waals surface area (Å²) in [5, 5.41) is 3.46. The van der Waals surface area contributed by atoms with E-state index in [1.807, 2.05) is 0 Å². The number of allylic oxidation sites excluding steroid dienone is 4. The van der Waals surface area contributed by atoms with Gasteiger partial charge in [-0.2, -0.15) is 0 Å². The van der Waals surface area contributed by atoms with Crippen LogP contribution < -0.4 is 5.32 Å². The molecule has 0 radical (unpaired) electrons. The highest BCUT2D eigenvalue weighted by atomic mass is 15.2. The van der Waals surface area contributed by atoms with Gasteiger partial charge in [-0.1, -0.05) is 69.4 Å². The topological polar surface area (TPSA) is 15.3 Å². The molecule has 0 bridgehead atoms. The summed E-state index contributed by atoms with van der Waals surface area (Å²) < 4.78 is 0. The van der Waals surface area contributed by atoms with Gasteiger partial charge >= 0.3 is 0 Å². The zero-order chi connectivity index (χ0) is 20.4. The summed E-state index contributed by atoms with van der Waals surface area (Å²) in [5.74, 6) is 1.99. The number of hydrogen-bond donors (Lipinski definition) is 1. The van der Waals surface area contributed by atoms with E-state index in [0.717, 1.165) is 13.1 Å². The van der Waals surface area contributed by atoms with Crippen LogP contribution in [0.5, 0.6) is 0 Å². The molecule has 2 aliphatic heterocycles. The standard InChI is InChI=1S/2C13H19N/c1-13(2,3)14-9-8-11-6-4-5-7-12(11)10-14;1-13(2,3)11-8-9-14-12-7-5-4-6-10(11)12/h4-9,11-12H,10H2,1-3H3;4-7,11,14H,8-9H2,1-3H3. The predicted octanol–water partition coefficient (Wildman–Crippen LogP) is 6.60. The summed E-state index contributed by atoms with van der Waals surface area (Å²) in [7, 11) is 0. The molecule has 3 aliphatic rings. The molecule has 1 aromatic rings. The Labute approximate surface area is 172 Å². The van der Waals surface area contributed by atoms with E-state index in [4.69, 9.17) is 0 Å². The van der Waals surface area contributed by atoms with Gasteiger partial charge in [0, 0.05) is 36.2 Å². The number of nitrogens with zero attached hydrogens (tertiary/aromatic N) is 1. The van der Waals surface area contributed by atoms with Gasteiger partial charge in [-0.3, -0.25) is 0 Å². The molecule has 3 atom stereocenters. The first kappa shape index (κ1) is 20.8. The third kappa shape index (κ3) is 4.90. The molecule has 0 saturated carbocycles. The summed E-state index contributed by atoms with van der Waals surface area (Å²) in [6.07, 6.45) is 14.8. The van der Waals surface area contributed by atoms with Crippen LogP contribution in [0.4, 0.5) is 5.69 Å². The lowest BCUT2D eigenvalue weighted by Crippen LogP contribution is -2.43. The molecule has 3 unspecified atom stereocenters. The van der Waals surface area contributed by atoms with E-state index in [2.05, 4.69) is 113 Å². The number of nitrogens with one attached hydrogen (secondary N) is 1. The zero-order valence-electron chi connectivity index (χ0n) is 18.6. The Morgan fingerprint density at radius 3 is 2.36 bits per heavy atom. The van der Waals surface area contributed by atoms with E-state index >= 15 is 0 Å². The highest BCUT2D eigenvalue weighted by Gasteiger charge is 2.30. The number of anilines is 1. The molecule has 2 heterocycles. The van der Waals surface area contributed by atoms with Crippen LogP contribution in [0, 0.1) is 17.3 Å². The first-order valence-corrected chi connectivity index (χ1v) is 10.8. The molecular weight excluding hydrogens is 340 g/mol. The Morgan fingerprint density at radius 2 is 1.64 bits per heavy atom. The van der Waals surface area contributed by atoms with Gasteiger partial charge in [0.2, 0.25) is 0 Å². The molecule has 28 heavy (non-hydrogen) atoms. The molecular formula is C26H38N2. The van der Waals surface area contributed by atoms with Gasteiger partial charge in [-0.15, -0.1) is 0 Å². The smallest absolute Gasteiger partial charge is 0.0375 e. The molecule has 152 valence electrons. The average Bonchev–Trinajstić information content (AvgIpc) is 2.66. The van der Waals surface area contributed by atoms with Crippen molar-refractivity contribution in [3.63, 3.8) is 0 Å². The maximum absolute atomic E-state index is 3.46. The van der Waals surface area contributed by atoms with Crippen LogP contribution in [-0.4, -0.2) is 23.5 Å². The summed E-state index contributed by atoms with van der Waals surface area (Å²) in [6.45, 7) is 16.0. The molecule has 0 saturated heterocycles. The van der Waals surface area contributed by atoms with Crippen molar-refractivity contribution in [2.75, 3.05) is 18.4 Å². The molecule has 0 spiro atoms. The molecule has 1 N–H and O–H groups in total. The van der Waals surface area contributed by atoms with Crippen molar-refractivity contribution in [1.29, 1.82) is 0 Å². The van der Waals surface area contributed by atoms with Crippen LogP contribution in [-0.2, 0) is 0 Å². The van der Waals surface area contributed by atoms with Crippen molar-refractivity contribution in [3.05, 3.63) is 66.4 Å². The molecule has 0 fully saturated rings. The lowest BCUT2D eigenvalue weighted by Gasteiger charge is -2.41. The van der Waals surface area contributed by atoms with Crippen LogP contribution in [0.3, 0.4) is 0 Å². The molecule has 0 aromatic heterocycles. The van der Waals surface area contributed by atoms with Gasteiger partial charge in [-0.25, -0.2) is 0 Å². The Hall–Kier alpha value is -1.96. The number of fused-ring (bicyclic) bond motifs is 2. The quantitative estimate of drug-likeness (QED) is 0.547. The molecule has 1 aromatic carbocycles. The van der Waals surface area contributed by atoms with E-state index in [9.17, 15) is 0 Å². The lowest BCUT2D eigenvalue weighted by molar-refractivity contribution is 0.167. The van der Waals surface area contributed by atoms with Crippen molar-refractivity contribution in [1.82, 2.24) is 4.90 Å². The van der Waals surface area contributed by atoms with E-state index in [-0.39, 0.29) is 5.54 Å². The second-order valence-electron chi connectivity index (χ2n) is 10.4. The van der Waals surface area contributed by atoms with Gasteiger partial charge in [0.25, 0.3) is 0 Å². The highest BCUT2D eigenvalue weighted by Crippen LogP contribution is 2.42. The predicted molar refractivity (Wildman–Crippen MR) is 123 cm³/mol. The van der Waals surface area contributed by atoms with Gasteiger partial charge in [0.1, 0.15) is 0 Å². The van der Waals surface area contributed by atoms with Crippen LogP contribution in [0.1, 0.15) is 59.4 Å². The molecule has 2 nitrogen and oxygen atoms in total. The fraction of sp³-hybridized carbons (Fsp3) is 0.538. The summed E-state index contributed by atoms with van der Waals surface area (Å²) >= 11 is 0. The molecule has 4 rings (SSSR count). The normalized spacial score (nSPS) is 25.9. The van der Waals surface area contributed by atoms with E-state index < -0.39 is 0 Å². The minimum atomic E-state index is 0.246. The number of hydrogen-bond acceptors (Lipinski definition) is 2. The van der Waals surface area contributed by atoms with Crippen molar-refractivity contribution >= 4 is 5.69 Å². The number of para-hydroxylation sites is 1. The minimum absolute atomic E-state index is 0.246. The van der Waals surface area contributed by atoms with E-state index in [1.165, 1.54) is 17.7 Å². The SMILES string of the molecule is CC(C)(C)C1CCNc2ccccc21.CC(C)(C)N1C=CC2C=CC=CC2C1. The third-order valence-corrected chi connectivity index (χ3v) is 6.18. The summed E-state index contributed by atoms with van der Waals surface area (Å²) in [4.78, 5) is 2.43. The average molecular weight is 379 g/mol. The van der Waals surface area contributed by atoms with Crippen LogP contribution in [0.2, 0.25) is 0 Å². The van der Waals surface area contributed by atoms with Crippen molar-refractivity contribution in [2.24, 2.45) is 17.3 Å². The first-order valence-electron chi connectivity index (χ1n) is 10.8. The second kappa shape index (κ2) is 8.19. The fourth-order valence-electron chi connectivity index (χ4n) is 4.42. The van der Waals surface area contributed by atoms with Gasteiger partial charge in [0.15, 0.2) is 0 Å².